The summed E-state index contributed by atoms with van der Waals surface area (Å²) in [6.07, 6.45) is 6.68. The van der Waals surface area contributed by atoms with Gasteiger partial charge in [-0.2, -0.15) is 5.10 Å². The number of hydrogen-bond donors (Lipinski definition) is 3. The highest BCUT2D eigenvalue weighted by molar-refractivity contribution is 5.79. The Morgan fingerprint density at radius 3 is 2.76 bits per heavy atom. The van der Waals surface area contributed by atoms with Crippen molar-refractivity contribution in [1.82, 2.24) is 25.4 Å². The quantitative estimate of drug-likeness (QED) is 0.546. The lowest BCUT2D eigenvalue weighted by molar-refractivity contribution is 0.00859. The molecule has 1 heterocycles. The van der Waals surface area contributed by atoms with Crippen molar-refractivity contribution in [3.05, 3.63) is 12.2 Å². The molecule has 0 aromatic carbocycles. The van der Waals surface area contributed by atoms with Gasteiger partial charge in [0.25, 0.3) is 0 Å². The van der Waals surface area contributed by atoms with Gasteiger partial charge in [-0.3, -0.25) is 4.68 Å². The van der Waals surface area contributed by atoms with Crippen molar-refractivity contribution in [2.24, 2.45) is 12.0 Å². The molecule has 0 radical (unpaired) electrons. The van der Waals surface area contributed by atoms with Crippen molar-refractivity contribution in [3.63, 3.8) is 0 Å². The van der Waals surface area contributed by atoms with Gasteiger partial charge in [0.05, 0.1) is 5.60 Å². The zero-order chi connectivity index (χ0) is 15.1. The summed E-state index contributed by atoms with van der Waals surface area (Å²) < 4.78 is 1.71. The topological polar surface area (TPSA) is 87.4 Å². The van der Waals surface area contributed by atoms with Gasteiger partial charge in [-0.15, -0.1) is 0 Å². The van der Waals surface area contributed by atoms with Gasteiger partial charge in [0.2, 0.25) is 0 Å². The number of aliphatic imine (C=N–C) groups is 1. The molecule has 0 bridgehead atoms. The number of aryl methyl sites for hydroxylation is 1. The molecule has 1 fully saturated rings. The van der Waals surface area contributed by atoms with Gasteiger partial charge in [0, 0.05) is 20.1 Å². The van der Waals surface area contributed by atoms with E-state index < -0.39 is 5.60 Å². The fraction of sp³-hybridized carbons (Fsp3) is 0.786. The zero-order valence-corrected chi connectivity index (χ0v) is 13.0. The summed E-state index contributed by atoms with van der Waals surface area (Å²) in [5.41, 5.74) is -0.598. The highest BCUT2D eigenvalue weighted by atomic mass is 16.3. The van der Waals surface area contributed by atoms with Gasteiger partial charge in [-0.25, -0.2) is 9.98 Å². The molecule has 3 N–H and O–H groups in total. The smallest absolute Gasteiger partial charge is 0.191 e. The van der Waals surface area contributed by atoms with Crippen LogP contribution in [0.4, 0.5) is 0 Å². The Bertz CT molecular complexity index is 464. The minimum absolute atomic E-state index is 0.463. The van der Waals surface area contributed by atoms with Crippen LogP contribution in [0.5, 0.6) is 0 Å². The summed E-state index contributed by atoms with van der Waals surface area (Å²) in [5, 5.41) is 21.0. The fourth-order valence-corrected chi connectivity index (χ4v) is 2.59. The maximum atomic E-state index is 10.5. The van der Waals surface area contributed by atoms with E-state index in [9.17, 15) is 5.11 Å². The van der Waals surface area contributed by atoms with E-state index in [4.69, 9.17) is 0 Å². The van der Waals surface area contributed by atoms with E-state index in [-0.39, 0.29) is 0 Å². The Balaban J connectivity index is 1.90. The zero-order valence-electron chi connectivity index (χ0n) is 13.0. The first-order chi connectivity index (χ1) is 10.1. The second-order valence-electron chi connectivity index (χ2n) is 5.63. The summed E-state index contributed by atoms with van der Waals surface area (Å²) in [6, 6.07) is 0. The van der Waals surface area contributed by atoms with E-state index in [1.165, 1.54) is 12.7 Å². The maximum absolute atomic E-state index is 10.5. The Morgan fingerprint density at radius 1 is 1.38 bits per heavy atom. The lowest BCUT2D eigenvalue weighted by atomic mass is 9.85. The third-order valence-electron chi connectivity index (χ3n) is 3.90. The van der Waals surface area contributed by atoms with Gasteiger partial charge < -0.3 is 15.7 Å². The van der Waals surface area contributed by atoms with Crippen molar-refractivity contribution in [3.8, 4) is 0 Å². The van der Waals surface area contributed by atoms with E-state index in [2.05, 4.69) is 25.7 Å². The van der Waals surface area contributed by atoms with E-state index in [1.54, 1.807) is 4.68 Å². The summed E-state index contributed by atoms with van der Waals surface area (Å²) in [7, 11) is 1.85. The summed E-state index contributed by atoms with van der Waals surface area (Å²) in [5.74, 6) is 1.52. The molecule has 0 saturated heterocycles. The summed E-state index contributed by atoms with van der Waals surface area (Å²) in [4.78, 5) is 8.64. The molecule has 118 valence electrons. The van der Waals surface area contributed by atoms with Gasteiger partial charge >= 0.3 is 0 Å². The van der Waals surface area contributed by atoms with Gasteiger partial charge in [0.1, 0.15) is 18.7 Å². The molecule has 1 aliphatic rings. The lowest BCUT2D eigenvalue weighted by Gasteiger charge is -2.32. The van der Waals surface area contributed by atoms with Crippen LogP contribution >= 0.6 is 0 Å². The number of aliphatic hydroxyl groups is 1. The monoisotopic (exact) mass is 294 g/mol. The number of nitrogens with zero attached hydrogens (tertiary/aromatic N) is 4. The number of guanidine groups is 1. The van der Waals surface area contributed by atoms with E-state index >= 15 is 0 Å². The van der Waals surface area contributed by atoms with Crippen LogP contribution in [0.3, 0.4) is 0 Å². The molecule has 0 atom stereocenters. The molecule has 1 aromatic heterocycles. The van der Waals surface area contributed by atoms with Crippen LogP contribution in [-0.4, -0.2) is 44.5 Å². The Kier molecular flexibility index (Phi) is 5.55. The molecule has 1 aliphatic carbocycles. The van der Waals surface area contributed by atoms with Crippen molar-refractivity contribution < 1.29 is 5.11 Å². The minimum Gasteiger partial charge on any atom is -0.388 e. The second-order valence-corrected chi connectivity index (χ2v) is 5.63. The van der Waals surface area contributed by atoms with E-state index in [0.29, 0.717) is 19.0 Å². The number of nitrogens with one attached hydrogen (secondary N) is 2. The van der Waals surface area contributed by atoms with Crippen LogP contribution < -0.4 is 10.6 Å². The molecule has 1 aromatic rings. The molecule has 1 saturated carbocycles. The highest BCUT2D eigenvalue weighted by Gasteiger charge is 2.29. The maximum Gasteiger partial charge on any atom is 0.191 e. The van der Waals surface area contributed by atoms with Crippen molar-refractivity contribution in [1.29, 1.82) is 0 Å². The number of rotatable bonds is 5. The second kappa shape index (κ2) is 7.40. The standard InChI is InChI=1S/C14H26N6O/c1-3-15-13(16-9-12-18-11-19-20(12)2)17-10-14(21)7-5-4-6-8-14/h11,21H,3-10H2,1-2H3,(H2,15,16,17). The van der Waals surface area contributed by atoms with Crippen molar-refractivity contribution in [2.45, 2.75) is 51.2 Å². The number of hydrogen-bond acceptors (Lipinski definition) is 4. The third-order valence-corrected chi connectivity index (χ3v) is 3.90. The van der Waals surface area contributed by atoms with Crippen LogP contribution in [0.25, 0.3) is 0 Å². The van der Waals surface area contributed by atoms with Crippen molar-refractivity contribution >= 4 is 5.96 Å². The molecule has 0 aliphatic heterocycles. The Hall–Kier alpha value is -1.63. The predicted molar refractivity (Wildman–Crippen MR) is 81.9 cm³/mol. The first-order valence-corrected chi connectivity index (χ1v) is 7.70. The van der Waals surface area contributed by atoms with Gasteiger partial charge in [-0.1, -0.05) is 19.3 Å². The number of aromatic nitrogens is 3. The Labute approximate surface area is 125 Å². The minimum atomic E-state index is -0.598. The molecule has 7 nitrogen and oxygen atoms in total. The molecule has 7 heteroatoms. The average Bonchev–Trinajstić information content (AvgIpc) is 2.88. The normalized spacial score (nSPS) is 18.5. The summed E-state index contributed by atoms with van der Waals surface area (Å²) in [6.45, 7) is 3.81. The highest BCUT2D eigenvalue weighted by Crippen LogP contribution is 2.27. The molecule has 0 spiro atoms. The Morgan fingerprint density at radius 2 is 2.14 bits per heavy atom. The molecular formula is C14H26N6O. The van der Waals surface area contributed by atoms with E-state index in [1.807, 2.05) is 14.0 Å². The summed E-state index contributed by atoms with van der Waals surface area (Å²) >= 11 is 0. The van der Waals surface area contributed by atoms with Gasteiger partial charge in [-0.05, 0) is 19.8 Å². The molecular weight excluding hydrogens is 268 g/mol. The third kappa shape index (κ3) is 4.70. The molecule has 2 rings (SSSR count). The van der Waals surface area contributed by atoms with Crippen LogP contribution in [0, 0.1) is 0 Å². The lowest BCUT2D eigenvalue weighted by Crippen LogP contribution is -2.48. The van der Waals surface area contributed by atoms with Crippen LogP contribution in [0.2, 0.25) is 0 Å². The predicted octanol–water partition coefficient (Wildman–Crippen LogP) is 0.565. The first-order valence-electron chi connectivity index (χ1n) is 7.70. The molecule has 21 heavy (non-hydrogen) atoms. The van der Waals surface area contributed by atoms with Crippen molar-refractivity contribution in [2.75, 3.05) is 13.1 Å². The SMILES string of the molecule is CCNC(=NCc1ncnn1C)NCC1(O)CCCCC1. The largest absolute Gasteiger partial charge is 0.388 e. The molecule has 0 unspecified atom stereocenters. The first kappa shape index (κ1) is 15.8. The fourth-order valence-electron chi connectivity index (χ4n) is 2.59. The average molecular weight is 294 g/mol. The van der Waals surface area contributed by atoms with Crippen LogP contribution in [0.1, 0.15) is 44.9 Å². The van der Waals surface area contributed by atoms with E-state index in [0.717, 1.165) is 38.1 Å². The van der Waals surface area contributed by atoms with Gasteiger partial charge in [0.15, 0.2) is 5.96 Å². The van der Waals surface area contributed by atoms with Crippen LogP contribution in [0.15, 0.2) is 11.3 Å². The van der Waals surface area contributed by atoms with Crippen LogP contribution in [-0.2, 0) is 13.6 Å². The molecule has 0 amide bonds.